The maximum atomic E-state index is 12.9. The van der Waals surface area contributed by atoms with E-state index in [4.69, 9.17) is 10.5 Å². The van der Waals surface area contributed by atoms with Gasteiger partial charge < -0.3 is 15.4 Å². The molecule has 1 aliphatic rings. The molecule has 1 fully saturated rings. The predicted molar refractivity (Wildman–Crippen MR) is 94.2 cm³/mol. The number of hydrogen-bond donors (Lipinski definition) is 1. The van der Waals surface area contributed by atoms with E-state index >= 15 is 0 Å². The lowest BCUT2D eigenvalue weighted by atomic mass is 9.93. The highest BCUT2D eigenvalue weighted by molar-refractivity contribution is 5.79. The van der Waals surface area contributed by atoms with Gasteiger partial charge in [-0.15, -0.1) is 0 Å². The van der Waals surface area contributed by atoms with E-state index in [2.05, 4.69) is 0 Å². The van der Waals surface area contributed by atoms with E-state index < -0.39 is 0 Å². The van der Waals surface area contributed by atoms with Crippen molar-refractivity contribution in [1.82, 2.24) is 4.90 Å². The van der Waals surface area contributed by atoms with Crippen LogP contribution in [0.3, 0.4) is 0 Å². The van der Waals surface area contributed by atoms with Gasteiger partial charge in [0, 0.05) is 12.6 Å². The van der Waals surface area contributed by atoms with E-state index in [1.165, 1.54) is 0 Å². The summed E-state index contributed by atoms with van der Waals surface area (Å²) in [6.07, 6.45) is -0.0657. The molecule has 0 aromatic heterocycles. The zero-order valence-corrected chi connectivity index (χ0v) is 14.0. The molecule has 2 N–H and O–H groups in total. The summed E-state index contributed by atoms with van der Waals surface area (Å²) in [5.74, 6) is -0.169. The molecule has 1 amide bonds. The van der Waals surface area contributed by atoms with Crippen molar-refractivity contribution in [3.63, 3.8) is 0 Å². The second kappa shape index (κ2) is 7.60. The van der Waals surface area contributed by atoms with Gasteiger partial charge >= 0.3 is 0 Å². The molecule has 24 heavy (non-hydrogen) atoms. The smallest absolute Gasteiger partial charge is 0.227 e. The van der Waals surface area contributed by atoms with Crippen LogP contribution in [0.5, 0.6) is 0 Å². The molecule has 4 nitrogen and oxygen atoms in total. The molecular weight excluding hydrogens is 300 g/mol. The third kappa shape index (κ3) is 3.66. The van der Waals surface area contributed by atoms with Crippen LogP contribution in [0.2, 0.25) is 0 Å². The van der Waals surface area contributed by atoms with Crippen molar-refractivity contribution in [2.24, 2.45) is 11.7 Å². The first-order chi connectivity index (χ1) is 11.7. The number of amides is 1. The first-order valence-corrected chi connectivity index (χ1v) is 8.42. The average Bonchev–Trinajstić information content (AvgIpc) is 2.67. The molecule has 0 aliphatic carbocycles. The third-order valence-corrected chi connectivity index (χ3v) is 4.66. The Labute approximate surface area is 143 Å². The molecule has 3 atom stereocenters. The monoisotopic (exact) mass is 324 g/mol. The van der Waals surface area contributed by atoms with Crippen LogP contribution in [-0.2, 0) is 9.53 Å². The normalized spacial score (nSPS) is 20.4. The molecule has 0 bridgehead atoms. The molecule has 0 saturated carbocycles. The van der Waals surface area contributed by atoms with E-state index in [0.29, 0.717) is 19.7 Å². The first-order valence-electron chi connectivity index (χ1n) is 8.42. The lowest BCUT2D eigenvalue weighted by molar-refractivity contribution is -0.143. The summed E-state index contributed by atoms with van der Waals surface area (Å²) in [6.45, 7) is 3.66. The number of ether oxygens (including phenoxy) is 1. The maximum absolute atomic E-state index is 12.9. The highest BCUT2D eigenvalue weighted by atomic mass is 16.5. The maximum Gasteiger partial charge on any atom is 0.227 e. The molecule has 1 aliphatic heterocycles. The summed E-state index contributed by atoms with van der Waals surface area (Å²) in [5, 5.41) is 0. The average molecular weight is 324 g/mol. The van der Waals surface area contributed by atoms with Crippen molar-refractivity contribution in [2.45, 2.75) is 19.1 Å². The molecule has 1 heterocycles. The second-order valence-corrected chi connectivity index (χ2v) is 6.28. The Bertz CT molecular complexity index is 660. The van der Waals surface area contributed by atoms with Crippen LogP contribution < -0.4 is 5.73 Å². The fourth-order valence-electron chi connectivity index (χ4n) is 3.12. The van der Waals surface area contributed by atoms with E-state index in [9.17, 15) is 4.79 Å². The SMILES string of the molecule is C[C@H](C(=O)N1CCO[C@H](c2ccccc2)C1)[C@@H](N)c1ccccc1. The van der Waals surface area contributed by atoms with Gasteiger partial charge in [0.2, 0.25) is 5.91 Å². The third-order valence-electron chi connectivity index (χ3n) is 4.66. The molecular formula is C20H24N2O2. The number of benzene rings is 2. The van der Waals surface area contributed by atoms with Gasteiger partial charge in [0.1, 0.15) is 6.10 Å². The molecule has 4 heteroatoms. The Hall–Kier alpha value is -2.17. The molecule has 3 rings (SSSR count). The molecule has 2 aromatic rings. The number of nitrogens with zero attached hydrogens (tertiary/aromatic N) is 1. The number of rotatable bonds is 4. The van der Waals surface area contributed by atoms with Crippen LogP contribution >= 0.6 is 0 Å². The zero-order chi connectivity index (χ0) is 16.9. The largest absolute Gasteiger partial charge is 0.370 e. The molecule has 2 aromatic carbocycles. The Balaban J connectivity index is 1.68. The van der Waals surface area contributed by atoms with E-state index in [-0.39, 0.29) is 24.0 Å². The minimum absolute atomic E-state index is 0.0657. The van der Waals surface area contributed by atoms with Gasteiger partial charge in [-0.25, -0.2) is 0 Å². The summed E-state index contributed by atoms with van der Waals surface area (Å²) in [5.41, 5.74) is 8.41. The van der Waals surface area contributed by atoms with Gasteiger partial charge in [-0.05, 0) is 11.1 Å². The fourth-order valence-corrected chi connectivity index (χ4v) is 3.12. The van der Waals surface area contributed by atoms with Crippen LogP contribution in [0.15, 0.2) is 60.7 Å². The number of morpholine rings is 1. The second-order valence-electron chi connectivity index (χ2n) is 6.28. The van der Waals surface area contributed by atoms with E-state index in [1.807, 2.05) is 72.5 Å². The topological polar surface area (TPSA) is 55.6 Å². The molecule has 0 unspecified atom stereocenters. The standard InChI is InChI=1S/C20H24N2O2/c1-15(19(21)17-10-6-3-7-11-17)20(23)22-12-13-24-18(14-22)16-8-4-2-5-9-16/h2-11,15,18-19H,12-14,21H2,1H3/t15-,18-,19+/m0/s1. The van der Waals surface area contributed by atoms with Crippen LogP contribution in [-0.4, -0.2) is 30.5 Å². The minimum Gasteiger partial charge on any atom is -0.370 e. The van der Waals surface area contributed by atoms with Crippen molar-refractivity contribution in [3.05, 3.63) is 71.8 Å². The first kappa shape index (κ1) is 16.7. The lowest BCUT2D eigenvalue weighted by Crippen LogP contribution is -2.46. The van der Waals surface area contributed by atoms with E-state index in [1.54, 1.807) is 0 Å². The Morgan fingerprint density at radius 2 is 1.75 bits per heavy atom. The van der Waals surface area contributed by atoms with Gasteiger partial charge in [-0.1, -0.05) is 67.6 Å². The molecule has 126 valence electrons. The van der Waals surface area contributed by atoms with E-state index in [0.717, 1.165) is 11.1 Å². The van der Waals surface area contributed by atoms with Crippen LogP contribution in [0.1, 0.15) is 30.2 Å². The van der Waals surface area contributed by atoms with Gasteiger partial charge in [0.15, 0.2) is 0 Å². The summed E-state index contributed by atoms with van der Waals surface area (Å²) in [6, 6.07) is 19.6. The number of nitrogens with two attached hydrogens (primary N) is 1. The van der Waals surface area contributed by atoms with Crippen molar-refractivity contribution in [1.29, 1.82) is 0 Å². The Morgan fingerprint density at radius 1 is 1.12 bits per heavy atom. The number of carbonyl (C=O) groups is 1. The quantitative estimate of drug-likeness (QED) is 0.941. The molecule has 0 spiro atoms. The zero-order valence-electron chi connectivity index (χ0n) is 14.0. The molecule has 1 saturated heterocycles. The minimum atomic E-state index is -0.295. The van der Waals surface area contributed by atoms with Crippen LogP contribution in [0.4, 0.5) is 0 Å². The van der Waals surface area contributed by atoms with Crippen molar-refractivity contribution >= 4 is 5.91 Å². The summed E-state index contributed by atoms with van der Waals surface area (Å²) < 4.78 is 5.84. The Kier molecular flexibility index (Phi) is 5.28. The van der Waals surface area contributed by atoms with Crippen molar-refractivity contribution in [3.8, 4) is 0 Å². The Morgan fingerprint density at radius 3 is 2.42 bits per heavy atom. The number of carbonyl (C=O) groups excluding carboxylic acids is 1. The van der Waals surface area contributed by atoms with Gasteiger partial charge in [-0.2, -0.15) is 0 Å². The summed E-state index contributed by atoms with van der Waals surface area (Å²) in [4.78, 5) is 14.8. The highest BCUT2D eigenvalue weighted by Crippen LogP contribution is 2.26. The number of hydrogen-bond acceptors (Lipinski definition) is 3. The van der Waals surface area contributed by atoms with Crippen LogP contribution in [0.25, 0.3) is 0 Å². The summed E-state index contributed by atoms with van der Waals surface area (Å²) >= 11 is 0. The van der Waals surface area contributed by atoms with Crippen molar-refractivity contribution in [2.75, 3.05) is 19.7 Å². The predicted octanol–water partition coefficient (Wildman–Crippen LogP) is 2.92. The van der Waals surface area contributed by atoms with Gasteiger partial charge in [0.05, 0.1) is 19.1 Å². The molecule has 0 radical (unpaired) electrons. The fraction of sp³-hybridized carbons (Fsp3) is 0.350. The highest BCUT2D eigenvalue weighted by Gasteiger charge is 2.31. The van der Waals surface area contributed by atoms with Crippen LogP contribution in [0, 0.1) is 5.92 Å². The van der Waals surface area contributed by atoms with Gasteiger partial charge in [0.25, 0.3) is 0 Å². The summed E-state index contributed by atoms with van der Waals surface area (Å²) in [7, 11) is 0. The van der Waals surface area contributed by atoms with Crippen molar-refractivity contribution < 1.29 is 9.53 Å². The van der Waals surface area contributed by atoms with Gasteiger partial charge in [-0.3, -0.25) is 4.79 Å². The lowest BCUT2D eigenvalue weighted by Gasteiger charge is -2.35.